The Bertz CT molecular complexity index is 327. The van der Waals surface area contributed by atoms with Crippen LogP contribution in [0.25, 0.3) is 0 Å². The first-order valence-electron chi connectivity index (χ1n) is 6.38. The Balaban J connectivity index is 1.63. The fourth-order valence-electron chi connectivity index (χ4n) is 2.22. The third kappa shape index (κ3) is 3.82. The summed E-state index contributed by atoms with van der Waals surface area (Å²) in [5, 5.41) is 3.35. The molecule has 1 heterocycles. The van der Waals surface area contributed by atoms with Crippen LogP contribution in [0.2, 0.25) is 0 Å². The zero-order chi connectivity index (χ0) is 11.1. The molecule has 0 aliphatic carbocycles. The summed E-state index contributed by atoms with van der Waals surface area (Å²) in [6.45, 7) is 2.25. The zero-order valence-electron chi connectivity index (χ0n) is 9.91. The second kappa shape index (κ2) is 6.49. The van der Waals surface area contributed by atoms with Crippen LogP contribution in [0.4, 0.5) is 0 Å². The van der Waals surface area contributed by atoms with Crippen molar-refractivity contribution < 1.29 is 0 Å². The Kier molecular flexibility index (Phi) is 4.63. The van der Waals surface area contributed by atoms with E-state index in [1.54, 1.807) is 5.57 Å². The summed E-state index contributed by atoms with van der Waals surface area (Å²) >= 11 is 0. The van der Waals surface area contributed by atoms with E-state index >= 15 is 0 Å². The van der Waals surface area contributed by atoms with E-state index in [0.717, 1.165) is 6.54 Å². The van der Waals surface area contributed by atoms with Gasteiger partial charge in [-0.05, 0) is 44.2 Å². The van der Waals surface area contributed by atoms with Gasteiger partial charge < -0.3 is 5.32 Å². The molecule has 0 saturated heterocycles. The highest BCUT2D eigenvalue weighted by atomic mass is 14.8. The number of unbranched alkanes of at least 4 members (excludes halogenated alkanes) is 1. The van der Waals surface area contributed by atoms with Crippen molar-refractivity contribution in [2.24, 2.45) is 0 Å². The minimum Gasteiger partial charge on any atom is -0.313 e. The highest BCUT2D eigenvalue weighted by molar-refractivity contribution is 5.14. The first kappa shape index (κ1) is 11.4. The molecule has 0 bridgehead atoms. The number of hydrogen-bond acceptors (Lipinski definition) is 1. The SMILES string of the molecule is C1=C(CCCCc2ccccc2)CCNC1. The smallest absolute Gasteiger partial charge is 0.0137 e. The Labute approximate surface area is 98.6 Å². The molecule has 1 nitrogen and oxygen atoms in total. The van der Waals surface area contributed by atoms with E-state index in [9.17, 15) is 0 Å². The van der Waals surface area contributed by atoms with Crippen LogP contribution in [0.1, 0.15) is 31.2 Å². The maximum Gasteiger partial charge on any atom is 0.0137 e. The number of rotatable bonds is 5. The van der Waals surface area contributed by atoms with Gasteiger partial charge in [0, 0.05) is 6.54 Å². The molecule has 1 heteroatoms. The van der Waals surface area contributed by atoms with Crippen LogP contribution in [0.5, 0.6) is 0 Å². The van der Waals surface area contributed by atoms with Crippen molar-refractivity contribution in [3.05, 3.63) is 47.5 Å². The highest BCUT2D eigenvalue weighted by Crippen LogP contribution is 2.14. The van der Waals surface area contributed by atoms with Crippen LogP contribution in [0.3, 0.4) is 0 Å². The van der Waals surface area contributed by atoms with Gasteiger partial charge in [-0.25, -0.2) is 0 Å². The van der Waals surface area contributed by atoms with Crippen molar-refractivity contribution in [1.82, 2.24) is 5.32 Å². The first-order valence-corrected chi connectivity index (χ1v) is 6.38. The normalized spacial score (nSPS) is 15.9. The maximum atomic E-state index is 3.35. The molecule has 86 valence electrons. The minimum absolute atomic E-state index is 1.08. The van der Waals surface area contributed by atoms with Crippen LogP contribution < -0.4 is 5.32 Å². The van der Waals surface area contributed by atoms with Crippen LogP contribution in [0.15, 0.2) is 42.0 Å². The van der Waals surface area contributed by atoms with Crippen LogP contribution in [-0.4, -0.2) is 13.1 Å². The average molecular weight is 215 g/mol. The van der Waals surface area contributed by atoms with Gasteiger partial charge >= 0.3 is 0 Å². The van der Waals surface area contributed by atoms with Gasteiger partial charge in [-0.15, -0.1) is 0 Å². The monoisotopic (exact) mass is 215 g/mol. The number of benzene rings is 1. The lowest BCUT2D eigenvalue weighted by Gasteiger charge is -2.13. The van der Waals surface area contributed by atoms with E-state index in [-0.39, 0.29) is 0 Å². The third-order valence-electron chi connectivity index (χ3n) is 3.21. The average Bonchev–Trinajstić information content (AvgIpc) is 2.37. The van der Waals surface area contributed by atoms with Gasteiger partial charge in [-0.3, -0.25) is 0 Å². The standard InChI is InChI=1S/C15H21N/c1-2-6-14(7-3-1)8-4-5-9-15-10-12-16-13-11-15/h1-3,6-7,10,16H,4-5,8-9,11-13H2. The van der Waals surface area contributed by atoms with Gasteiger partial charge in [0.15, 0.2) is 0 Å². The Morgan fingerprint density at radius 3 is 2.56 bits per heavy atom. The molecule has 0 spiro atoms. The predicted octanol–water partition coefficient (Wildman–Crippen LogP) is 3.32. The molecule has 0 fully saturated rings. The molecule has 2 rings (SSSR count). The van der Waals surface area contributed by atoms with Crippen LogP contribution in [-0.2, 0) is 6.42 Å². The quantitative estimate of drug-likeness (QED) is 0.587. The van der Waals surface area contributed by atoms with E-state index in [2.05, 4.69) is 41.7 Å². The largest absolute Gasteiger partial charge is 0.313 e. The van der Waals surface area contributed by atoms with E-state index in [1.807, 2.05) is 0 Å². The summed E-state index contributed by atoms with van der Waals surface area (Å²) in [4.78, 5) is 0. The lowest BCUT2D eigenvalue weighted by atomic mass is 10.0. The summed E-state index contributed by atoms with van der Waals surface area (Å²) < 4.78 is 0. The first-order chi connectivity index (χ1) is 7.95. The molecule has 1 aliphatic heterocycles. The summed E-state index contributed by atoms with van der Waals surface area (Å²) in [6.07, 6.45) is 8.80. The van der Waals surface area contributed by atoms with Gasteiger partial charge in [0.1, 0.15) is 0 Å². The third-order valence-corrected chi connectivity index (χ3v) is 3.21. The molecule has 1 N–H and O–H groups in total. The van der Waals surface area contributed by atoms with E-state index in [1.165, 1.54) is 44.2 Å². The molecule has 1 aromatic rings. The van der Waals surface area contributed by atoms with Gasteiger partial charge in [-0.1, -0.05) is 42.0 Å². The summed E-state index contributed by atoms with van der Waals surface area (Å²) in [5.74, 6) is 0. The number of aryl methyl sites for hydroxylation is 1. The molecule has 0 aromatic heterocycles. The second-order valence-electron chi connectivity index (χ2n) is 4.51. The van der Waals surface area contributed by atoms with Crippen molar-refractivity contribution >= 4 is 0 Å². The lowest BCUT2D eigenvalue weighted by molar-refractivity contribution is 0.648. The number of hydrogen-bond donors (Lipinski definition) is 1. The van der Waals surface area contributed by atoms with Gasteiger partial charge in [0.05, 0.1) is 0 Å². The fourth-order valence-corrected chi connectivity index (χ4v) is 2.22. The van der Waals surface area contributed by atoms with Gasteiger partial charge in [0.25, 0.3) is 0 Å². The van der Waals surface area contributed by atoms with Crippen molar-refractivity contribution in [3.63, 3.8) is 0 Å². The predicted molar refractivity (Wildman–Crippen MR) is 69.6 cm³/mol. The fraction of sp³-hybridized carbons (Fsp3) is 0.467. The highest BCUT2D eigenvalue weighted by Gasteiger charge is 2.02. The van der Waals surface area contributed by atoms with Gasteiger partial charge in [-0.2, -0.15) is 0 Å². The molecule has 0 atom stereocenters. The lowest BCUT2D eigenvalue weighted by Crippen LogP contribution is -2.20. The van der Waals surface area contributed by atoms with Crippen molar-refractivity contribution in [3.8, 4) is 0 Å². The maximum absolute atomic E-state index is 3.35. The molecule has 0 radical (unpaired) electrons. The van der Waals surface area contributed by atoms with Crippen molar-refractivity contribution in [2.75, 3.05) is 13.1 Å². The molecule has 1 aliphatic rings. The Hall–Kier alpha value is -1.08. The zero-order valence-corrected chi connectivity index (χ0v) is 9.91. The van der Waals surface area contributed by atoms with Crippen LogP contribution in [0, 0.1) is 0 Å². The van der Waals surface area contributed by atoms with Crippen molar-refractivity contribution in [1.29, 1.82) is 0 Å². The molecular weight excluding hydrogens is 194 g/mol. The number of nitrogens with one attached hydrogen (secondary N) is 1. The Morgan fingerprint density at radius 2 is 1.81 bits per heavy atom. The van der Waals surface area contributed by atoms with E-state index < -0.39 is 0 Å². The minimum atomic E-state index is 1.08. The van der Waals surface area contributed by atoms with E-state index in [4.69, 9.17) is 0 Å². The second-order valence-corrected chi connectivity index (χ2v) is 4.51. The molecular formula is C15H21N. The van der Waals surface area contributed by atoms with Crippen molar-refractivity contribution in [2.45, 2.75) is 32.1 Å². The molecule has 0 unspecified atom stereocenters. The van der Waals surface area contributed by atoms with E-state index in [0.29, 0.717) is 0 Å². The molecule has 0 amide bonds. The molecule has 1 aromatic carbocycles. The topological polar surface area (TPSA) is 12.0 Å². The molecule has 16 heavy (non-hydrogen) atoms. The van der Waals surface area contributed by atoms with Gasteiger partial charge in [0.2, 0.25) is 0 Å². The summed E-state index contributed by atoms with van der Waals surface area (Å²) in [5.41, 5.74) is 3.13. The summed E-state index contributed by atoms with van der Waals surface area (Å²) in [6, 6.07) is 10.8. The summed E-state index contributed by atoms with van der Waals surface area (Å²) in [7, 11) is 0. The Morgan fingerprint density at radius 1 is 1.00 bits per heavy atom. The molecule has 0 saturated carbocycles. The van der Waals surface area contributed by atoms with Crippen LogP contribution >= 0.6 is 0 Å².